The molecule has 0 bridgehead atoms. The van der Waals surface area contributed by atoms with E-state index in [2.05, 4.69) is 34.4 Å². The maximum atomic E-state index is 12.6. The number of aromatic nitrogens is 3. The fourth-order valence-corrected chi connectivity index (χ4v) is 3.78. The zero-order chi connectivity index (χ0) is 18.1. The second-order valence-electron chi connectivity index (χ2n) is 7.17. The summed E-state index contributed by atoms with van der Waals surface area (Å²) < 4.78 is 1.94. The molecule has 0 aliphatic carbocycles. The molecule has 3 aromatic rings. The predicted molar refractivity (Wildman–Crippen MR) is 102 cm³/mol. The van der Waals surface area contributed by atoms with E-state index in [-0.39, 0.29) is 11.8 Å². The van der Waals surface area contributed by atoms with E-state index in [1.54, 1.807) is 12.4 Å². The number of carbonyl (C=O) groups is 1. The minimum Gasteiger partial charge on any atom is -0.312 e. The number of carbonyl (C=O) groups excluding carboxylic acids is 1. The molecule has 6 nitrogen and oxygen atoms in total. The highest BCUT2D eigenvalue weighted by Crippen LogP contribution is 2.23. The predicted octanol–water partition coefficient (Wildman–Crippen LogP) is 3.11. The van der Waals surface area contributed by atoms with Gasteiger partial charge in [-0.2, -0.15) is 0 Å². The van der Waals surface area contributed by atoms with Crippen LogP contribution in [0, 0.1) is 5.92 Å². The van der Waals surface area contributed by atoms with E-state index in [1.807, 2.05) is 41.1 Å². The van der Waals surface area contributed by atoms with Crippen molar-refractivity contribution in [3.8, 4) is 11.1 Å². The lowest BCUT2D eigenvalue weighted by Gasteiger charge is -2.31. The van der Waals surface area contributed by atoms with Crippen LogP contribution in [-0.2, 0) is 4.79 Å². The quantitative estimate of drug-likeness (QED) is 0.762. The molecule has 0 spiro atoms. The van der Waals surface area contributed by atoms with Crippen LogP contribution in [0.15, 0.2) is 49.1 Å². The Bertz CT molecular complexity index is 910. The third-order valence-corrected chi connectivity index (χ3v) is 4.93. The Balaban J connectivity index is 1.53. The molecule has 4 rings (SSSR count). The Morgan fingerprint density at radius 3 is 2.54 bits per heavy atom. The van der Waals surface area contributed by atoms with Gasteiger partial charge in [0.15, 0.2) is 5.82 Å². The zero-order valence-corrected chi connectivity index (χ0v) is 15.0. The van der Waals surface area contributed by atoms with E-state index in [1.165, 1.54) is 0 Å². The van der Waals surface area contributed by atoms with Crippen molar-refractivity contribution in [3.63, 3.8) is 0 Å². The van der Waals surface area contributed by atoms with Crippen molar-refractivity contribution in [1.82, 2.24) is 19.7 Å². The van der Waals surface area contributed by atoms with Gasteiger partial charge in [-0.1, -0.05) is 0 Å². The summed E-state index contributed by atoms with van der Waals surface area (Å²) in [6.45, 7) is 4.25. The minimum atomic E-state index is 0.0263. The number of nitrogens with one attached hydrogen (secondary N) is 2. The van der Waals surface area contributed by atoms with Gasteiger partial charge in [-0.3, -0.25) is 9.78 Å². The van der Waals surface area contributed by atoms with Gasteiger partial charge in [0, 0.05) is 36.6 Å². The molecule has 3 aromatic heterocycles. The average Bonchev–Trinajstić information content (AvgIpc) is 3.03. The van der Waals surface area contributed by atoms with Crippen LogP contribution in [0.3, 0.4) is 0 Å². The Morgan fingerprint density at radius 1 is 1.08 bits per heavy atom. The highest BCUT2D eigenvalue weighted by molar-refractivity contribution is 5.92. The van der Waals surface area contributed by atoms with Crippen molar-refractivity contribution in [2.45, 2.75) is 38.8 Å². The van der Waals surface area contributed by atoms with Crippen molar-refractivity contribution in [2.24, 2.45) is 5.92 Å². The Morgan fingerprint density at radius 2 is 1.81 bits per heavy atom. The van der Waals surface area contributed by atoms with E-state index in [0.717, 1.165) is 29.6 Å². The molecule has 2 unspecified atom stereocenters. The smallest absolute Gasteiger partial charge is 0.228 e. The van der Waals surface area contributed by atoms with Crippen LogP contribution in [0.1, 0.15) is 26.7 Å². The van der Waals surface area contributed by atoms with E-state index in [0.29, 0.717) is 17.9 Å². The summed E-state index contributed by atoms with van der Waals surface area (Å²) in [5.74, 6) is 0.683. The fraction of sp³-hybridized carbons (Fsp3) is 0.350. The number of anilines is 1. The molecular weight excluding hydrogens is 326 g/mol. The summed E-state index contributed by atoms with van der Waals surface area (Å²) >= 11 is 0. The van der Waals surface area contributed by atoms with Crippen LogP contribution in [-0.4, -0.2) is 32.4 Å². The molecule has 2 atom stereocenters. The number of piperidine rings is 1. The van der Waals surface area contributed by atoms with Gasteiger partial charge in [0.25, 0.3) is 0 Å². The van der Waals surface area contributed by atoms with Gasteiger partial charge in [0.1, 0.15) is 5.65 Å². The molecule has 0 aromatic carbocycles. The Hall–Kier alpha value is -2.73. The molecule has 2 N–H and O–H groups in total. The molecule has 134 valence electrons. The van der Waals surface area contributed by atoms with E-state index < -0.39 is 0 Å². The number of fused-ring (bicyclic) bond motifs is 1. The molecule has 6 heteroatoms. The van der Waals surface area contributed by atoms with Crippen molar-refractivity contribution < 1.29 is 4.79 Å². The number of pyridine rings is 2. The van der Waals surface area contributed by atoms with Gasteiger partial charge in [-0.15, -0.1) is 0 Å². The van der Waals surface area contributed by atoms with E-state index in [4.69, 9.17) is 0 Å². The highest BCUT2D eigenvalue weighted by atomic mass is 16.2. The third-order valence-electron chi connectivity index (χ3n) is 4.93. The SMILES string of the molecule is CC1CC(C(=O)Nc2cn3cc(-c4ccncc4)ccc3n2)CC(C)N1. The first-order valence-corrected chi connectivity index (χ1v) is 9.04. The summed E-state index contributed by atoms with van der Waals surface area (Å²) in [7, 11) is 0. The molecule has 1 aliphatic rings. The van der Waals surface area contributed by atoms with Crippen LogP contribution in [0.4, 0.5) is 5.82 Å². The number of amides is 1. The standard InChI is InChI=1S/C20H23N5O/c1-13-9-17(10-14(2)22-13)20(26)24-18-12-25-11-16(3-4-19(25)23-18)15-5-7-21-8-6-15/h3-8,11-14,17,22H,9-10H2,1-2H3,(H,24,26). The molecule has 26 heavy (non-hydrogen) atoms. The largest absolute Gasteiger partial charge is 0.312 e. The summed E-state index contributed by atoms with van der Waals surface area (Å²) in [5.41, 5.74) is 2.99. The lowest BCUT2D eigenvalue weighted by molar-refractivity contribution is -0.121. The van der Waals surface area contributed by atoms with Crippen LogP contribution < -0.4 is 10.6 Å². The average molecular weight is 349 g/mol. The number of hydrogen-bond donors (Lipinski definition) is 2. The molecule has 1 aliphatic heterocycles. The third kappa shape index (κ3) is 3.46. The summed E-state index contributed by atoms with van der Waals surface area (Å²) in [4.78, 5) is 21.2. The first-order chi connectivity index (χ1) is 12.6. The van der Waals surface area contributed by atoms with Gasteiger partial charge in [0.05, 0.1) is 6.20 Å². The number of nitrogens with zero attached hydrogens (tertiary/aromatic N) is 3. The van der Waals surface area contributed by atoms with Gasteiger partial charge in [0.2, 0.25) is 5.91 Å². The van der Waals surface area contributed by atoms with Crippen LogP contribution in [0.25, 0.3) is 16.8 Å². The van der Waals surface area contributed by atoms with Crippen molar-refractivity contribution in [1.29, 1.82) is 0 Å². The number of hydrogen-bond acceptors (Lipinski definition) is 4. The van der Waals surface area contributed by atoms with Crippen LogP contribution in [0.2, 0.25) is 0 Å². The topological polar surface area (TPSA) is 71.3 Å². The first-order valence-electron chi connectivity index (χ1n) is 9.04. The highest BCUT2D eigenvalue weighted by Gasteiger charge is 2.28. The van der Waals surface area contributed by atoms with E-state index in [9.17, 15) is 4.79 Å². The van der Waals surface area contributed by atoms with Crippen LogP contribution in [0.5, 0.6) is 0 Å². The summed E-state index contributed by atoms with van der Waals surface area (Å²) in [6.07, 6.45) is 9.15. The molecule has 1 amide bonds. The summed E-state index contributed by atoms with van der Waals surface area (Å²) in [6, 6.07) is 8.65. The van der Waals surface area contributed by atoms with E-state index >= 15 is 0 Å². The van der Waals surface area contributed by atoms with Crippen molar-refractivity contribution in [2.75, 3.05) is 5.32 Å². The van der Waals surface area contributed by atoms with Gasteiger partial charge in [-0.05, 0) is 62.1 Å². The molecule has 0 saturated carbocycles. The number of rotatable bonds is 3. The second kappa shape index (κ2) is 6.88. The van der Waals surface area contributed by atoms with Gasteiger partial charge >= 0.3 is 0 Å². The minimum absolute atomic E-state index is 0.0263. The maximum Gasteiger partial charge on any atom is 0.228 e. The first kappa shape index (κ1) is 16.7. The van der Waals surface area contributed by atoms with Gasteiger partial charge < -0.3 is 15.0 Å². The zero-order valence-electron chi connectivity index (χ0n) is 15.0. The lowest BCUT2D eigenvalue weighted by Crippen LogP contribution is -2.45. The number of imidazole rings is 1. The van der Waals surface area contributed by atoms with Crippen molar-refractivity contribution in [3.05, 3.63) is 49.1 Å². The maximum absolute atomic E-state index is 12.6. The normalized spacial score (nSPS) is 23.1. The molecule has 4 heterocycles. The molecule has 0 radical (unpaired) electrons. The molecule has 1 fully saturated rings. The Labute approximate surface area is 152 Å². The van der Waals surface area contributed by atoms with Crippen molar-refractivity contribution >= 4 is 17.4 Å². The summed E-state index contributed by atoms with van der Waals surface area (Å²) in [5, 5.41) is 6.46. The molecule has 1 saturated heterocycles. The fourth-order valence-electron chi connectivity index (χ4n) is 3.78. The lowest BCUT2D eigenvalue weighted by atomic mass is 9.88. The van der Waals surface area contributed by atoms with Gasteiger partial charge in [-0.25, -0.2) is 4.98 Å². The molecular formula is C20H23N5O. The Kier molecular flexibility index (Phi) is 4.42. The second-order valence-corrected chi connectivity index (χ2v) is 7.17. The van der Waals surface area contributed by atoms with Crippen LogP contribution >= 0.6 is 0 Å². The monoisotopic (exact) mass is 349 g/mol.